The highest BCUT2D eigenvalue weighted by Crippen LogP contribution is 2.34. The second-order valence-electron chi connectivity index (χ2n) is 11.3. The van der Waals surface area contributed by atoms with Crippen LogP contribution in [-0.4, -0.2) is 9.97 Å². The first kappa shape index (κ1) is 27.9. The van der Waals surface area contributed by atoms with Crippen LogP contribution >= 0.6 is 0 Å². The summed E-state index contributed by atoms with van der Waals surface area (Å²) >= 11 is 0. The maximum atomic E-state index is 4.66. The summed E-state index contributed by atoms with van der Waals surface area (Å²) in [7, 11) is 0. The zero-order valence-electron chi connectivity index (χ0n) is 22.9. The van der Waals surface area contributed by atoms with E-state index in [0.717, 1.165) is 29.6 Å². The maximum Gasteiger partial charge on any atom is 0.159 e. The van der Waals surface area contributed by atoms with Gasteiger partial charge in [-0.05, 0) is 48.6 Å². The largest absolute Gasteiger partial charge is 0.236 e. The van der Waals surface area contributed by atoms with Gasteiger partial charge < -0.3 is 0 Å². The minimum Gasteiger partial charge on any atom is -0.236 e. The van der Waals surface area contributed by atoms with Crippen molar-refractivity contribution in [3.63, 3.8) is 0 Å². The van der Waals surface area contributed by atoms with Crippen LogP contribution in [0.25, 0.3) is 11.4 Å². The molecule has 0 radical (unpaired) electrons. The van der Waals surface area contributed by atoms with Crippen LogP contribution in [0.4, 0.5) is 0 Å². The van der Waals surface area contributed by atoms with Gasteiger partial charge in [0.15, 0.2) is 5.82 Å². The summed E-state index contributed by atoms with van der Waals surface area (Å²) in [6.45, 7) is 4.58. The normalized spacial score (nSPS) is 18.1. The van der Waals surface area contributed by atoms with E-state index in [9.17, 15) is 0 Å². The molecular formula is C33H52N2. The molecule has 35 heavy (non-hydrogen) atoms. The van der Waals surface area contributed by atoms with Gasteiger partial charge in [-0.1, -0.05) is 134 Å². The number of aryl methyl sites for hydroxylation is 2. The Morgan fingerprint density at radius 1 is 0.571 bits per heavy atom. The summed E-state index contributed by atoms with van der Waals surface area (Å²) in [5, 5.41) is 0. The minimum atomic E-state index is 0.858. The molecule has 0 aliphatic heterocycles. The number of nitrogens with zero attached hydrogens (tertiary/aromatic N) is 2. The molecule has 2 heteroatoms. The molecule has 1 aliphatic carbocycles. The molecule has 1 aromatic heterocycles. The lowest BCUT2D eigenvalue weighted by molar-refractivity contribution is 0.248. The van der Waals surface area contributed by atoms with Crippen LogP contribution in [0.3, 0.4) is 0 Å². The predicted octanol–water partition coefficient (Wildman–Crippen LogP) is 10.1. The lowest BCUT2D eigenvalue weighted by Crippen LogP contribution is -2.15. The Balaban J connectivity index is 1.32. The molecule has 1 fully saturated rings. The average molecular weight is 477 g/mol. The van der Waals surface area contributed by atoms with E-state index in [0.29, 0.717) is 0 Å². The van der Waals surface area contributed by atoms with E-state index in [4.69, 9.17) is 0 Å². The van der Waals surface area contributed by atoms with Gasteiger partial charge in [0.05, 0.1) is 0 Å². The van der Waals surface area contributed by atoms with Crippen molar-refractivity contribution in [2.24, 2.45) is 11.8 Å². The van der Waals surface area contributed by atoms with Crippen LogP contribution in [-0.2, 0) is 12.8 Å². The van der Waals surface area contributed by atoms with Gasteiger partial charge >= 0.3 is 0 Å². The number of hydrogen-bond donors (Lipinski definition) is 0. The van der Waals surface area contributed by atoms with Crippen LogP contribution < -0.4 is 0 Å². The molecular weight excluding hydrogens is 424 g/mol. The molecule has 0 bridgehead atoms. The fourth-order valence-corrected chi connectivity index (χ4v) is 5.78. The number of aromatic nitrogens is 2. The number of benzene rings is 1. The fraction of sp³-hybridized carbons (Fsp3) is 0.697. The average Bonchev–Trinajstić information content (AvgIpc) is 2.91. The summed E-state index contributed by atoms with van der Waals surface area (Å²) in [6, 6.07) is 9.02. The standard InChI is InChI=1S/C33H52N2/c1-3-5-7-9-11-13-15-31-26-34-33(35-27-31)32-24-22-30(23-25-32)21-20-29-18-16-28(17-19-29)14-12-10-8-6-4-2/h22-29H,3-21H2,1-2H3/t28-,29-. The van der Waals surface area contributed by atoms with Gasteiger partial charge in [0.25, 0.3) is 0 Å². The summed E-state index contributed by atoms with van der Waals surface area (Å²) in [5.41, 5.74) is 3.87. The molecule has 0 spiro atoms. The maximum absolute atomic E-state index is 4.66. The van der Waals surface area contributed by atoms with Crippen molar-refractivity contribution < 1.29 is 0 Å². The van der Waals surface area contributed by atoms with Crippen molar-refractivity contribution in [3.05, 3.63) is 47.8 Å². The van der Waals surface area contributed by atoms with E-state index in [1.54, 1.807) is 0 Å². The molecule has 1 heterocycles. The van der Waals surface area contributed by atoms with Crippen LogP contribution in [0, 0.1) is 11.8 Å². The molecule has 0 amide bonds. The Morgan fingerprint density at radius 2 is 1.11 bits per heavy atom. The fourth-order valence-electron chi connectivity index (χ4n) is 5.78. The van der Waals surface area contributed by atoms with Crippen LogP contribution in [0.2, 0.25) is 0 Å². The summed E-state index contributed by atoms with van der Waals surface area (Å²) in [6.07, 6.45) is 30.2. The minimum absolute atomic E-state index is 0.858. The first-order chi connectivity index (χ1) is 17.3. The van der Waals surface area contributed by atoms with Crippen molar-refractivity contribution >= 4 is 0 Å². The van der Waals surface area contributed by atoms with Crippen molar-refractivity contribution in [3.8, 4) is 11.4 Å². The van der Waals surface area contributed by atoms with E-state index in [1.165, 1.54) is 127 Å². The highest BCUT2D eigenvalue weighted by molar-refractivity contribution is 5.55. The third kappa shape index (κ3) is 10.8. The van der Waals surface area contributed by atoms with Crippen LogP contribution in [0.15, 0.2) is 36.7 Å². The molecule has 0 N–H and O–H groups in total. The molecule has 0 unspecified atom stereocenters. The molecule has 2 nitrogen and oxygen atoms in total. The Morgan fingerprint density at radius 3 is 1.74 bits per heavy atom. The van der Waals surface area contributed by atoms with Crippen molar-refractivity contribution in [1.82, 2.24) is 9.97 Å². The number of rotatable bonds is 17. The van der Waals surface area contributed by atoms with E-state index in [2.05, 4.69) is 48.1 Å². The highest BCUT2D eigenvalue weighted by atomic mass is 14.9. The van der Waals surface area contributed by atoms with E-state index < -0.39 is 0 Å². The lowest BCUT2D eigenvalue weighted by Gasteiger charge is -2.28. The van der Waals surface area contributed by atoms with Crippen molar-refractivity contribution in [2.45, 2.75) is 136 Å². The van der Waals surface area contributed by atoms with Gasteiger partial charge in [0, 0.05) is 18.0 Å². The van der Waals surface area contributed by atoms with Crippen LogP contribution in [0.1, 0.15) is 134 Å². The van der Waals surface area contributed by atoms with Crippen molar-refractivity contribution in [2.75, 3.05) is 0 Å². The molecule has 3 rings (SSSR count). The van der Waals surface area contributed by atoms with Gasteiger partial charge in [-0.2, -0.15) is 0 Å². The molecule has 0 saturated heterocycles. The topological polar surface area (TPSA) is 25.8 Å². The summed E-state index contributed by atoms with van der Waals surface area (Å²) in [4.78, 5) is 9.32. The van der Waals surface area contributed by atoms with Crippen molar-refractivity contribution in [1.29, 1.82) is 0 Å². The zero-order valence-corrected chi connectivity index (χ0v) is 22.9. The Labute approximate surface area is 216 Å². The van der Waals surface area contributed by atoms with Gasteiger partial charge in [-0.3, -0.25) is 0 Å². The quantitative estimate of drug-likeness (QED) is 0.212. The first-order valence-electron chi connectivity index (χ1n) is 15.2. The first-order valence-corrected chi connectivity index (χ1v) is 15.2. The van der Waals surface area contributed by atoms with Gasteiger partial charge in [0.1, 0.15) is 0 Å². The smallest absolute Gasteiger partial charge is 0.159 e. The molecule has 1 aromatic carbocycles. The zero-order chi connectivity index (χ0) is 24.6. The third-order valence-corrected chi connectivity index (χ3v) is 8.26. The Bertz CT molecular complexity index is 772. The summed E-state index contributed by atoms with van der Waals surface area (Å²) in [5.74, 6) is 2.81. The van der Waals surface area contributed by atoms with Gasteiger partial charge in [-0.15, -0.1) is 0 Å². The van der Waals surface area contributed by atoms with E-state index >= 15 is 0 Å². The molecule has 1 saturated carbocycles. The number of unbranched alkanes of at least 4 members (excludes halogenated alkanes) is 9. The molecule has 0 atom stereocenters. The number of hydrogen-bond acceptors (Lipinski definition) is 2. The van der Waals surface area contributed by atoms with Gasteiger partial charge in [0.2, 0.25) is 0 Å². The van der Waals surface area contributed by atoms with Crippen LogP contribution in [0.5, 0.6) is 0 Å². The van der Waals surface area contributed by atoms with Gasteiger partial charge in [-0.25, -0.2) is 9.97 Å². The monoisotopic (exact) mass is 476 g/mol. The Kier molecular flexibility index (Phi) is 13.4. The lowest BCUT2D eigenvalue weighted by atomic mass is 9.77. The Hall–Kier alpha value is -1.70. The molecule has 194 valence electrons. The highest BCUT2D eigenvalue weighted by Gasteiger charge is 2.20. The second kappa shape index (κ2) is 16.9. The molecule has 1 aliphatic rings. The van der Waals surface area contributed by atoms with E-state index in [-0.39, 0.29) is 0 Å². The second-order valence-corrected chi connectivity index (χ2v) is 11.3. The third-order valence-electron chi connectivity index (χ3n) is 8.26. The summed E-state index contributed by atoms with van der Waals surface area (Å²) < 4.78 is 0. The predicted molar refractivity (Wildman–Crippen MR) is 152 cm³/mol. The SMILES string of the molecule is CCCCCCCCc1cnc(-c2ccc(CC[C@H]3CC[C@H](CCCCCCC)CC3)cc2)nc1. The van der Waals surface area contributed by atoms with E-state index in [1.807, 2.05) is 12.4 Å². The molecule has 2 aromatic rings.